The van der Waals surface area contributed by atoms with E-state index in [1.54, 1.807) is 5.06 Å². The summed E-state index contributed by atoms with van der Waals surface area (Å²) in [5, 5.41) is 1.66. The normalized spacial score (nSPS) is 21.4. The Kier molecular flexibility index (Phi) is 2.44. The molecule has 69 valence electrons. The van der Waals surface area contributed by atoms with Gasteiger partial charge in [-0.1, -0.05) is 12.1 Å². The summed E-state index contributed by atoms with van der Waals surface area (Å²) in [6.45, 7) is 0.632. The molecule has 1 heterocycles. The fraction of sp³-hybridized carbons (Fsp3) is 0.222. The van der Waals surface area contributed by atoms with Crippen LogP contribution in [0.4, 0.5) is 5.69 Å². The molecule has 3 nitrogen and oxygen atoms in total. The molecule has 1 aliphatic heterocycles. The summed E-state index contributed by atoms with van der Waals surface area (Å²) in [7, 11) is 3.36. The maximum absolute atomic E-state index is 11.6. The maximum Gasteiger partial charge on any atom is 0.178 e. The first-order chi connectivity index (χ1) is 6.33. The number of hydrogen-bond donors (Lipinski definition) is 0. The first-order valence-corrected chi connectivity index (χ1v) is 5.32. The minimum atomic E-state index is -0.887. The van der Waals surface area contributed by atoms with Gasteiger partial charge < -0.3 is 4.55 Å². The summed E-state index contributed by atoms with van der Waals surface area (Å²) >= 11 is -0.887. The summed E-state index contributed by atoms with van der Waals surface area (Å²) in [4.78, 5) is 5.75. The minimum absolute atomic E-state index is 0.604. The molecule has 0 aromatic heterocycles. The van der Waals surface area contributed by atoms with Crippen LogP contribution in [0.5, 0.6) is 0 Å². The van der Waals surface area contributed by atoms with Crippen LogP contribution in [0.3, 0.4) is 0 Å². The molecule has 1 atom stereocenters. The topological polar surface area (TPSA) is 35.5 Å². The van der Waals surface area contributed by atoms with Gasteiger partial charge in [-0.25, -0.2) is 5.06 Å². The third-order valence-electron chi connectivity index (χ3n) is 2.01. The van der Waals surface area contributed by atoms with Crippen molar-refractivity contribution in [2.75, 3.05) is 17.4 Å². The van der Waals surface area contributed by atoms with Crippen LogP contribution < -0.4 is 5.06 Å². The average Bonchev–Trinajstić information content (AvgIpc) is 2.19. The molecule has 4 heteroatoms. The van der Waals surface area contributed by atoms with E-state index in [-0.39, 0.29) is 0 Å². The number of rotatable bonds is 1. The standard InChI is InChI=1S/C9H10NO2S/c1-12-10-6-7-13(11)9-5-3-2-4-8(9)10/h2-5H,1,6-7H2. The highest BCUT2D eigenvalue weighted by atomic mass is 32.2. The van der Waals surface area contributed by atoms with E-state index in [0.717, 1.165) is 10.6 Å². The Bertz CT molecular complexity index is 305. The fourth-order valence-electron chi connectivity index (χ4n) is 1.39. The van der Waals surface area contributed by atoms with Crippen molar-refractivity contribution in [1.82, 2.24) is 0 Å². The highest BCUT2D eigenvalue weighted by molar-refractivity contribution is 7.91. The van der Waals surface area contributed by atoms with Crippen molar-refractivity contribution in [3.8, 4) is 0 Å². The second-order valence-corrected chi connectivity index (χ2v) is 4.29. The highest BCUT2D eigenvalue weighted by Gasteiger charge is 2.26. The molecule has 1 aromatic carbocycles. The summed E-state index contributed by atoms with van der Waals surface area (Å²) < 4.78 is 11.6. The third-order valence-corrected chi connectivity index (χ3v) is 3.40. The molecule has 1 unspecified atom stereocenters. The van der Waals surface area contributed by atoms with E-state index in [1.807, 2.05) is 24.3 Å². The van der Waals surface area contributed by atoms with Crippen molar-refractivity contribution in [3.63, 3.8) is 0 Å². The van der Waals surface area contributed by atoms with E-state index < -0.39 is 11.2 Å². The molecule has 0 bridgehead atoms. The summed E-state index contributed by atoms with van der Waals surface area (Å²) in [6, 6.07) is 7.52. The summed E-state index contributed by atoms with van der Waals surface area (Å²) in [6.07, 6.45) is 0. The molecule has 1 aliphatic rings. The Hall–Kier alpha value is -0.710. The highest BCUT2D eigenvalue weighted by Crippen LogP contribution is 2.29. The Labute approximate surface area is 80.4 Å². The van der Waals surface area contributed by atoms with Gasteiger partial charge in [0.2, 0.25) is 0 Å². The Morgan fingerprint density at radius 1 is 1.46 bits per heavy atom. The zero-order valence-electron chi connectivity index (χ0n) is 7.10. The second kappa shape index (κ2) is 3.57. The van der Waals surface area contributed by atoms with Gasteiger partial charge in [-0.2, -0.15) is 0 Å². The molecule has 0 N–H and O–H groups in total. The minimum Gasteiger partial charge on any atom is -0.611 e. The van der Waals surface area contributed by atoms with Crippen LogP contribution in [-0.2, 0) is 16.0 Å². The summed E-state index contributed by atoms with van der Waals surface area (Å²) in [5.74, 6) is 0.604. The van der Waals surface area contributed by atoms with Crippen LogP contribution >= 0.6 is 0 Å². The van der Waals surface area contributed by atoms with Crippen molar-refractivity contribution in [1.29, 1.82) is 0 Å². The Morgan fingerprint density at radius 3 is 3.00 bits per heavy atom. The third kappa shape index (κ3) is 1.52. The smallest absolute Gasteiger partial charge is 0.178 e. The van der Waals surface area contributed by atoms with Crippen molar-refractivity contribution in [3.05, 3.63) is 31.4 Å². The van der Waals surface area contributed by atoms with Gasteiger partial charge in [0, 0.05) is 0 Å². The van der Waals surface area contributed by atoms with Gasteiger partial charge in [0.1, 0.15) is 18.6 Å². The molecule has 1 radical (unpaired) electrons. The van der Waals surface area contributed by atoms with Crippen LogP contribution in [0.2, 0.25) is 0 Å². The van der Waals surface area contributed by atoms with Crippen molar-refractivity contribution < 1.29 is 9.39 Å². The van der Waals surface area contributed by atoms with Gasteiger partial charge in [0.15, 0.2) is 4.90 Å². The molecule has 0 saturated carbocycles. The molecular weight excluding hydrogens is 186 g/mol. The molecule has 13 heavy (non-hydrogen) atoms. The summed E-state index contributed by atoms with van der Waals surface area (Å²) in [5.41, 5.74) is 0.863. The van der Waals surface area contributed by atoms with E-state index in [1.165, 1.54) is 0 Å². The van der Waals surface area contributed by atoms with Crippen LogP contribution in [0.25, 0.3) is 0 Å². The zero-order chi connectivity index (χ0) is 9.26. The van der Waals surface area contributed by atoms with Crippen molar-refractivity contribution in [2.24, 2.45) is 0 Å². The molecule has 0 spiro atoms. The van der Waals surface area contributed by atoms with Gasteiger partial charge in [-0.05, 0) is 23.3 Å². The van der Waals surface area contributed by atoms with E-state index in [4.69, 9.17) is 4.84 Å². The van der Waals surface area contributed by atoms with Crippen molar-refractivity contribution >= 4 is 16.9 Å². The fourth-order valence-corrected chi connectivity index (χ4v) is 2.57. The van der Waals surface area contributed by atoms with Crippen molar-refractivity contribution in [2.45, 2.75) is 4.90 Å². The van der Waals surface area contributed by atoms with Gasteiger partial charge in [-0.3, -0.25) is 4.84 Å². The number of anilines is 1. The van der Waals surface area contributed by atoms with Gasteiger partial charge in [-0.15, -0.1) is 0 Å². The molecule has 0 fully saturated rings. The Morgan fingerprint density at radius 2 is 2.23 bits per heavy atom. The Balaban J connectivity index is 2.42. The molecule has 0 saturated heterocycles. The lowest BCUT2D eigenvalue weighted by molar-refractivity contribution is 0.209. The largest absolute Gasteiger partial charge is 0.611 e. The quantitative estimate of drug-likeness (QED) is 0.636. The molecule has 2 rings (SSSR count). The van der Waals surface area contributed by atoms with Crippen LogP contribution in [0.15, 0.2) is 29.2 Å². The number of nitrogens with zero attached hydrogens (tertiary/aromatic N) is 1. The number of hydrogen-bond acceptors (Lipinski definition) is 3. The van der Waals surface area contributed by atoms with Gasteiger partial charge in [0.05, 0.1) is 6.54 Å². The lowest BCUT2D eigenvalue weighted by Crippen LogP contribution is -2.33. The maximum atomic E-state index is 11.6. The predicted molar refractivity (Wildman–Crippen MR) is 51.5 cm³/mol. The molecular formula is C9H10NO2S. The zero-order valence-corrected chi connectivity index (χ0v) is 7.92. The molecule has 0 amide bonds. The van der Waals surface area contributed by atoms with E-state index in [9.17, 15) is 4.55 Å². The predicted octanol–water partition coefficient (Wildman–Crippen LogP) is 1.34. The first kappa shape index (κ1) is 8.87. The van der Waals surface area contributed by atoms with Gasteiger partial charge >= 0.3 is 0 Å². The van der Waals surface area contributed by atoms with Crippen LogP contribution in [-0.4, -0.2) is 16.9 Å². The van der Waals surface area contributed by atoms with Crippen LogP contribution in [0, 0.1) is 7.11 Å². The number of para-hydroxylation sites is 1. The number of hydroxylamine groups is 1. The van der Waals surface area contributed by atoms with E-state index in [0.29, 0.717) is 12.3 Å². The SMILES string of the molecule is [CH2]ON1CC[S+]([O-])c2ccccc21. The first-order valence-electron chi connectivity index (χ1n) is 4.00. The lowest BCUT2D eigenvalue weighted by atomic mass is 10.3. The molecule has 0 aliphatic carbocycles. The lowest BCUT2D eigenvalue weighted by Gasteiger charge is -2.28. The van der Waals surface area contributed by atoms with E-state index in [2.05, 4.69) is 7.11 Å². The van der Waals surface area contributed by atoms with Gasteiger partial charge in [0.25, 0.3) is 0 Å². The monoisotopic (exact) mass is 196 g/mol. The average molecular weight is 196 g/mol. The number of fused-ring (bicyclic) bond motifs is 1. The molecule has 1 aromatic rings. The second-order valence-electron chi connectivity index (χ2n) is 2.75. The van der Waals surface area contributed by atoms with E-state index >= 15 is 0 Å². The van der Waals surface area contributed by atoms with Crippen LogP contribution in [0.1, 0.15) is 0 Å². The number of benzene rings is 1.